The summed E-state index contributed by atoms with van der Waals surface area (Å²) in [6.45, 7) is -0.198. The van der Waals surface area contributed by atoms with Crippen molar-refractivity contribution in [1.29, 1.82) is 0 Å². The van der Waals surface area contributed by atoms with Gasteiger partial charge < -0.3 is 5.32 Å². The fourth-order valence-corrected chi connectivity index (χ4v) is 4.41. The van der Waals surface area contributed by atoms with Crippen molar-refractivity contribution < 1.29 is 9.59 Å². The maximum Gasteiger partial charge on any atom is 0.263 e. The van der Waals surface area contributed by atoms with E-state index in [9.17, 15) is 9.59 Å². The number of hydrogen-bond donors (Lipinski definition) is 2. The lowest BCUT2D eigenvalue weighted by Crippen LogP contribution is -2.34. The first-order valence-electron chi connectivity index (χ1n) is 8.88. The zero-order valence-electron chi connectivity index (χ0n) is 15.2. The van der Waals surface area contributed by atoms with Crippen LogP contribution in [-0.4, -0.2) is 24.6 Å². The summed E-state index contributed by atoms with van der Waals surface area (Å²) in [6.07, 6.45) is 1.59. The average molecular weight is 422 g/mol. The van der Waals surface area contributed by atoms with Crippen LogP contribution in [0, 0.1) is 0 Å². The van der Waals surface area contributed by atoms with E-state index in [4.69, 9.17) is 11.6 Å². The summed E-state index contributed by atoms with van der Waals surface area (Å²) in [7, 11) is 0. The topological polar surface area (TPSA) is 70.6 Å². The SMILES string of the molecule is O=C(CNC(=O)c1sc2ccccc2c1Cl)N/N=C/c1cccc2ccccc12. The van der Waals surface area contributed by atoms with Gasteiger partial charge in [0, 0.05) is 15.6 Å². The standard InChI is InChI=1S/C22H16ClN3O2S/c23-20-17-10-3-4-11-18(17)29-21(20)22(28)24-13-19(27)26-25-12-15-8-5-7-14-6-1-2-9-16(14)15/h1-12H,13H2,(H,24,28)(H,26,27)/b25-12+. The smallest absolute Gasteiger partial charge is 0.263 e. The molecule has 0 aliphatic heterocycles. The molecule has 0 saturated heterocycles. The highest BCUT2D eigenvalue weighted by Gasteiger charge is 2.17. The molecule has 0 atom stereocenters. The van der Waals surface area contributed by atoms with E-state index in [-0.39, 0.29) is 12.5 Å². The number of hydrogen-bond acceptors (Lipinski definition) is 4. The Hall–Kier alpha value is -3.22. The molecule has 2 amide bonds. The molecule has 0 unspecified atom stereocenters. The number of thiophene rings is 1. The maximum absolute atomic E-state index is 12.4. The molecule has 7 heteroatoms. The van der Waals surface area contributed by atoms with Crippen molar-refractivity contribution in [3.63, 3.8) is 0 Å². The van der Waals surface area contributed by atoms with Crippen molar-refractivity contribution in [3.05, 3.63) is 82.2 Å². The van der Waals surface area contributed by atoms with Gasteiger partial charge in [0.05, 0.1) is 17.8 Å². The molecule has 1 heterocycles. The third-order valence-electron chi connectivity index (χ3n) is 4.37. The molecule has 0 aliphatic carbocycles. The number of benzene rings is 3. The largest absolute Gasteiger partial charge is 0.342 e. The summed E-state index contributed by atoms with van der Waals surface area (Å²) < 4.78 is 0.923. The highest BCUT2D eigenvalue weighted by molar-refractivity contribution is 7.21. The van der Waals surface area contributed by atoms with Gasteiger partial charge in [-0.25, -0.2) is 5.43 Å². The van der Waals surface area contributed by atoms with Crippen LogP contribution in [0.5, 0.6) is 0 Å². The number of nitrogens with zero attached hydrogens (tertiary/aromatic N) is 1. The van der Waals surface area contributed by atoms with E-state index in [2.05, 4.69) is 15.8 Å². The van der Waals surface area contributed by atoms with E-state index in [0.29, 0.717) is 9.90 Å². The lowest BCUT2D eigenvalue weighted by atomic mass is 10.1. The molecular weight excluding hydrogens is 406 g/mol. The van der Waals surface area contributed by atoms with Gasteiger partial charge in [-0.05, 0) is 16.8 Å². The molecule has 0 spiro atoms. The van der Waals surface area contributed by atoms with Crippen LogP contribution in [-0.2, 0) is 4.79 Å². The summed E-state index contributed by atoms with van der Waals surface area (Å²) in [6, 6.07) is 21.3. The number of amides is 2. The fraction of sp³-hybridized carbons (Fsp3) is 0.0455. The van der Waals surface area contributed by atoms with Crippen molar-refractivity contribution in [1.82, 2.24) is 10.7 Å². The van der Waals surface area contributed by atoms with Crippen molar-refractivity contribution in [2.45, 2.75) is 0 Å². The van der Waals surface area contributed by atoms with Crippen LogP contribution in [0.1, 0.15) is 15.2 Å². The molecule has 0 fully saturated rings. The Morgan fingerprint density at radius 3 is 2.52 bits per heavy atom. The zero-order chi connectivity index (χ0) is 20.2. The highest BCUT2D eigenvalue weighted by atomic mass is 35.5. The minimum atomic E-state index is -0.424. The molecule has 0 bridgehead atoms. The molecular formula is C22H16ClN3O2S. The van der Waals surface area contributed by atoms with Crippen molar-refractivity contribution in [2.24, 2.45) is 5.10 Å². The molecule has 0 radical (unpaired) electrons. The van der Waals surface area contributed by atoms with Crippen molar-refractivity contribution >= 4 is 61.8 Å². The predicted molar refractivity (Wildman–Crippen MR) is 119 cm³/mol. The molecule has 4 rings (SSSR count). The van der Waals surface area contributed by atoms with Crippen LogP contribution in [0.25, 0.3) is 20.9 Å². The minimum Gasteiger partial charge on any atom is -0.342 e. The molecule has 3 aromatic carbocycles. The van der Waals surface area contributed by atoms with Crippen LogP contribution < -0.4 is 10.7 Å². The Kier molecular flexibility index (Phi) is 5.55. The van der Waals surface area contributed by atoms with Gasteiger partial charge in [0.15, 0.2) is 0 Å². The molecule has 144 valence electrons. The molecule has 0 aliphatic rings. The lowest BCUT2D eigenvalue weighted by Gasteiger charge is -2.04. The van der Waals surface area contributed by atoms with E-state index >= 15 is 0 Å². The summed E-state index contributed by atoms with van der Waals surface area (Å²) in [5.41, 5.74) is 3.32. The number of nitrogens with one attached hydrogen (secondary N) is 2. The van der Waals surface area contributed by atoms with E-state index in [0.717, 1.165) is 26.4 Å². The third-order valence-corrected chi connectivity index (χ3v) is 6.04. The Morgan fingerprint density at radius 1 is 0.966 bits per heavy atom. The second-order valence-corrected chi connectivity index (χ2v) is 7.72. The summed E-state index contributed by atoms with van der Waals surface area (Å²) in [5.74, 6) is -0.809. The van der Waals surface area contributed by atoms with Gasteiger partial charge in [0.1, 0.15) is 4.88 Å². The molecule has 5 nitrogen and oxygen atoms in total. The van der Waals surface area contributed by atoms with Crippen LogP contribution in [0.15, 0.2) is 71.8 Å². The Balaban J connectivity index is 1.36. The van der Waals surface area contributed by atoms with E-state index in [1.807, 2.05) is 66.7 Å². The second kappa shape index (κ2) is 8.43. The third kappa shape index (κ3) is 4.13. The Bertz CT molecular complexity index is 1240. The van der Waals surface area contributed by atoms with Crippen LogP contribution in [0.3, 0.4) is 0 Å². The van der Waals surface area contributed by atoms with Crippen LogP contribution in [0.2, 0.25) is 5.02 Å². The van der Waals surface area contributed by atoms with Crippen molar-refractivity contribution in [3.8, 4) is 0 Å². The fourth-order valence-electron chi connectivity index (χ4n) is 2.98. The number of hydrazone groups is 1. The first-order valence-corrected chi connectivity index (χ1v) is 10.1. The Morgan fingerprint density at radius 2 is 1.69 bits per heavy atom. The summed E-state index contributed by atoms with van der Waals surface area (Å²) in [5, 5.41) is 9.94. The van der Waals surface area contributed by atoms with Gasteiger partial charge in [-0.2, -0.15) is 5.10 Å². The van der Waals surface area contributed by atoms with Crippen LogP contribution in [0.4, 0.5) is 0 Å². The minimum absolute atomic E-state index is 0.198. The molecule has 4 aromatic rings. The van der Waals surface area contributed by atoms with E-state index < -0.39 is 5.91 Å². The quantitative estimate of drug-likeness (QED) is 0.365. The lowest BCUT2D eigenvalue weighted by molar-refractivity contribution is -0.120. The number of carbonyl (C=O) groups excluding carboxylic acids is 2. The van der Waals surface area contributed by atoms with Crippen LogP contribution >= 0.6 is 22.9 Å². The van der Waals surface area contributed by atoms with E-state index in [1.165, 1.54) is 11.3 Å². The number of halogens is 1. The van der Waals surface area contributed by atoms with Gasteiger partial charge in [-0.1, -0.05) is 72.3 Å². The first-order chi connectivity index (χ1) is 14.1. The number of fused-ring (bicyclic) bond motifs is 2. The van der Waals surface area contributed by atoms with Crippen molar-refractivity contribution in [2.75, 3.05) is 6.54 Å². The van der Waals surface area contributed by atoms with Gasteiger partial charge >= 0.3 is 0 Å². The second-order valence-electron chi connectivity index (χ2n) is 6.29. The molecule has 1 aromatic heterocycles. The predicted octanol–water partition coefficient (Wildman–Crippen LogP) is 4.59. The maximum atomic E-state index is 12.4. The van der Waals surface area contributed by atoms with Gasteiger partial charge in [0.25, 0.3) is 11.8 Å². The molecule has 29 heavy (non-hydrogen) atoms. The normalized spacial score (nSPS) is 11.2. The zero-order valence-corrected chi connectivity index (χ0v) is 16.8. The van der Waals surface area contributed by atoms with E-state index in [1.54, 1.807) is 6.21 Å². The monoisotopic (exact) mass is 421 g/mol. The first kappa shape index (κ1) is 19.1. The highest BCUT2D eigenvalue weighted by Crippen LogP contribution is 2.34. The average Bonchev–Trinajstić information content (AvgIpc) is 3.09. The summed E-state index contributed by atoms with van der Waals surface area (Å²) >= 11 is 7.59. The van der Waals surface area contributed by atoms with Gasteiger partial charge in [0.2, 0.25) is 0 Å². The Labute approximate surface area is 176 Å². The summed E-state index contributed by atoms with van der Waals surface area (Å²) in [4.78, 5) is 24.8. The number of rotatable bonds is 5. The van der Waals surface area contributed by atoms with Gasteiger partial charge in [-0.15, -0.1) is 11.3 Å². The molecule has 0 saturated carbocycles. The number of carbonyl (C=O) groups is 2. The molecule has 2 N–H and O–H groups in total. The van der Waals surface area contributed by atoms with Gasteiger partial charge in [-0.3, -0.25) is 9.59 Å².